The van der Waals surface area contributed by atoms with Crippen molar-refractivity contribution in [1.82, 2.24) is 4.90 Å². The van der Waals surface area contributed by atoms with Gasteiger partial charge in [0.05, 0.1) is 4.34 Å². The van der Waals surface area contributed by atoms with Gasteiger partial charge in [-0.25, -0.2) is 0 Å². The van der Waals surface area contributed by atoms with Crippen molar-refractivity contribution in [3.05, 3.63) is 21.3 Å². The Kier molecular flexibility index (Phi) is 4.93. The summed E-state index contributed by atoms with van der Waals surface area (Å²) in [5.74, 6) is 1.43. The van der Waals surface area contributed by atoms with Crippen LogP contribution in [0.2, 0.25) is 4.34 Å². The molecule has 0 amide bonds. The molecule has 3 unspecified atom stereocenters. The largest absolute Gasteiger partial charge is 0.329 e. The van der Waals surface area contributed by atoms with Crippen LogP contribution in [0.4, 0.5) is 0 Å². The molecule has 0 aliphatic heterocycles. The quantitative estimate of drug-likeness (QED) is 0.911. The maximum atomic E-state index is 6.19. The average Bonchev–Trinajstić information content (AvgIpc) is 2.77. The van der Waals surface area contributed by atoms with Crippen LogP contribution < -0.4 is 5.73 Å². The highest BCUT2D eigenvalue weighted by Gasteiger charge is 2.42. The van der Waals surface area contributed by atoms with Gasteiger partial charge in [0.15, 0.2) is 0 Å². The van der Waals surface area contributed by atoms with Gasteiger partial charge in [-0.2, -0.15) is 0 Å². The lowest BCUT2D eigenvalue weighted by molar-refractivity contribution is 0.00966. The Morgan fingerprint density at radius 1 is 1.42 bits per heavy atom. The van der Waals surface area contributed by atoms with Crippen molar-refractivity contribution < 1.29 is 0 Å². The minimum Gasteiger partial charge on any atom is -0.329 e. The zero-order valence-corrected chi connectivity index (χ0v) is 13.7. The van der Waals surface area contributed by atoms with Crippen molar-refractivity contribution >= 4 is 22.9 Å². The Morgan fingerprint density at radius 3 is 2.74 bits per heavy atom. The SMILES string of the molecule is CC1CCC(C)C(CN)(N(C)Cc2ccc(Cl)s2)C1. The third kappa shape index (κ3) is 3.15. The molecular weight excluding hydrogens is 276 g/mol. The molecular formula is C15H25ClN2S. The molecule has 1 heterocycles. The van der Waals surface area contributed by atoms with E-state index in [1.807, 2.05) is 6.07 Å². The van der Waals surface area contributed by atoms with Gasteiger partial charge >= 0.3 is 0 Å². The zero-order valence-electron chi connectivity index (χ0n) is 12.2. The maximum Gasteiger partial charge on any atom is 0.0931 e. The van der Waals surface area contributed by atoms with Crippen molar-refractivity contribution in [2.75, 3.05) is 13.6 Å². The molecule has 0 saturated heterocycles. The molecule has 1 saturated carbocycles. The van der Waals surface area contributed by atoms with Crippen LogP contribution in [0.1, 0.15) is 38.0 Å². The molecule has 1 aliphatic rings. The minimum atomic E-state index is 0.147. The predicted molar refractivity (Wildman–Crippen MR) is 84.8 cm³/mol. The van der Waals surface area contributed by atoms with E-state index in [1.165, 1.54) is 24.1 Å². The van der Waals surface area contributed by atoms with Crippen LogP contribution in [-0.4, -0.2) is 24.0 Å². The van der Waals surface area contributed by atoms with E-state index < -0.39 is 0 Å². The fourth-order valence-electron chi connectivity index (χ4n) is 3.51. The van der Waals surface area contributed by atoms with Crippen molar-refractivity contribution in [2.45, 2.75) is 45.2 Å². The first-order valence-electron chi connectivity index (χ1n) is 7.13. The Hall–Kier alpha value is -0.0900. The lowest BCUT2D eigenvalue weighted by Crippen LogP contribution is -2.58. The van der Waals surface area contributed by atoms with Crippen molar-refractivity contribution in [2.24, 2.45) is 17.6 Å². The molecule has 2 nitrogen and oxygen atoms in total. The van der Waals surface area contributed by atoms with Gasteiger partial charge in [0, 0.05) is 23.5 Å². The summed E-state index contributed by atoms with van der Waals surface area (Å²) in [4.78, 5) is 3.79. The summed E-state index contributed by atoms with van der Waals surface area (Å²) in [6.45, 7) is 6.41. The molecule has 108 valence electrons. The first-order valence-corrected chi connectivity index (χ1v) is 8.33. The van der Waals surface area contributed by atoms with Crippen LogP contribution in [0, 0.1) is 11.8 Å². The summed E-state index contributed by atoms with van der Waals surface area (Å²) in [6, 6.07) is 4.11. The summed E-state index contributed by atoms with van der Waals surface area (Å²) < 4.78 is 0.871. The summed E-state index contributed by atoms with van der Waals surface area (Å²) in [5, 5.41) is 0. The molecule has 1 aromatic heterocycles. The number of hydrogen-bond acceptors (Lipinski definition) is 3. The molecule has 3 atom stereocenters. The van der Waals surface area contributed by atoms with E-state index in [1.54, 1.807) is 11.3 Å². The minimum absolute atomic E-state index is 0.147. The van der Waals surface area contributed by atoms with Crippen molar-refractivity contribution in [3.8, 4) is 0 Å². The van der Waals surface area contributed by atoms with E-state index in [0.717, 1.165) is 23.3 Å². The number of thiophene rings is 1. The fourth-order valence-corrected chi connectivity index (χ4v) is 4.65. The molecule has 2 N–H and O–H groups in total. The van der Waals surface area contributed by atoms with Crippen LogP contribution in [0.25, 0.3) is 0 Å². The van der Waals surface area contributed by atoms with Gasteiger partial charge in [0.1, 0.15) is 0 Å². The van der Waals surface area contributed by atoms with E-state index in [9.17, 15) is 0 Å². The lowest BCUT2D eigenvalue weighted by Gasteiger charge is -2.50. The van der Waals surface area contributed by atoms with Gasteiger partial charge in [0.2, 0.25) is 0 Å². The molecule has 1 aliphatic carbocycles. The van der Waals surface area contributed by atoms with Gasteiger partial charge in [0.25, 0.3) is 0 Å². The molecule has 0 radical (unpaired) electrons. The Labute approximate surface area is 125 Å². The number of hydrogen-bond donors (Lipinski definition) is 1. The second kappa shape index (κ2) is 6.13. The third-order valence-electron chi connectivity index (χ3n) is 4.85. The van der Waals surface area contributed by atoms with Crippen LogP contribution in [0.3, 0.4) is 0 Å². The average molecular weight is 301 g/mol. The van der Waals surface area contributed by atoms with Crippen LogP contribution in [0.5, 0.6) is 0 Å². The van der Waals surface area contributed by atoms with Gasteiger partial charge in [-0.05, 0) is 43.9 Å². The Morgan fingerprint density at radius 2 is 2.16 bits per heavy atom. The molecule has 0 spiro atoms. The van der Waals surface area contributed by atoms with E-state index >= 15 is 0 Å². The Balaban J connectivity index is 2.15. The summed E-state index contributed by atoms with van der Waals surface area (Å²) in [7, 11) is 2.22. The highest BCUT2D eigenvalue weighted by atomic mass is 35.5. The first kappa shape index (κ1) is 15.3. The van der Waals surface area contributed by atoms with E-state index in [4.69, 9.17) is 17.3 Å². The van der Waals surface area contributed by atoms with Crippen LogP contribution in [0.15, 0.2) is 12.1 Å². The summed E-state index contributed by atoms with van der Waals surface area (Å²) in [6.07, 6.45) is 3.83. The zero-order chi connectivity index (χ0) is 14.0. The maximum absolute atomic E-state index is 6.19. The molecule has 0 aromatic carbocycles. The molecule has 1 aromatic rings. The number of halogens is 1. The number of rotatable bonds is 4. The standard InChI is InChI=1S/C15H25ClN2S/c1-11-4-5-12(2)15(8-11,10-17)18(3)9-13-6-7-14(16)19-13/h6-7,11-12H,4-5,8-10,17H2,1-3H3. The van der Waals surface area contributed by atoms with Gasteiger partial charge in [-0.15, -0.1) is 11.3 Å². The summed E-state index contributed by atoms with van der Waals surface area (Å²) in [5.41, 5.74) is 6.33. The number of nitrogens with two attached hydrogens (primary N) is 1. The predicted octanol–water partition coefficient (Wildman–Crippen LogP) is 3.99. The number of nitrogens with zero attached hydrogens (tertiary/aromatic N) is 1. The molecule has 1 fully saturated rings. The second-order valence-electron chi connectivity index (χ2n) is 6.16. The lowest BCUT2D eigenvalue weighted by atomic mass is 9.69. The highest BCUT2D eigenvalue weighted by Crippen LogP contribution is 2.40. The third-order valence-corrected chi connectivity index (χ3v) is 6.06. The van der Waals surface area contributed by atoms with Crippen LogP contribution >= 0.6 is 22.9 Å². The molecule has 19 heavy (non-hydrogen) atoms. The van der Waals surface area contributed by atoms with E-state index in [2.05, 4.69) is 31.9 Å². The van der Waals surface area contributed by atoms with Crippen molar-refractivity contribution in [3.63, 3.8) is 0 Å². The topological polar surface area (TPSA) is 29.3 Å². The van der Waals surface area contributed by atoms with Crippen molar-refractivity contribution in [1.29, 1.82) is 0 Å². The van der Waals surface area contributed by atoms with E-state index in [0.29, 0.717) is 5.92 Å². The second-order valence-corrected chi connectivity index (χ2v) is 7.96. The molecule has 4 heteroatoms. The monoisotopic (exact) mass is 300 g/mol. The number of likely N-dealkylation sites (N-methyl/N-ethyl adjacent to an activating group) is 1. The van der Waals surface area contributed by atoms with E-state index in [-0.39, 0.29) is 5.54 Å². The highest BCUT2D eigenvalue weighted by molar-refractivity contribution is 7.16. The summed E-state index contributed by atoms with van der Waals surface area (Å²) >= 11 is 7.70. The fraction of sp³-hybridized carbons (Fsp3) is 0.733. The first-order chi connectivity index (χ1) is 8.98. The normalized spacial score (nSPS) is 31.9. The van der Waals surface area contributed by atoms with Gasteiger partial charge < -0.3 is 5.73 Å². The Bertz CT molecular complexity index is 420. The van der Waals surface area contributed by atoms with Gasteiger partial charge in [-0.3, -0.25) is 4.90 Å². The van der Waals surface area contributed by atoms with Crippen LogP contribution in [-0.2, 0) is 6.54 Å². The van der Waals surface area contributed by atoms with Gasteiger partial charge in [-0.1, -0.05) is 31.9 Å². The smallest absolute Gasteiger partial charge is 0.0931 e. The molecule has 0 bridgehead atoms. The molecule has 2 rings (SSSR count).